The normalized spacial score (nSPS) is 10.8. The van der Waals surface area contributed by atoms with E-state index in [0.717, 1.165) is 23.6 Å². The van der Waals surface area contributed by atoms with Crippen molar-refractivity contribution in [1.82, 2.24) is 10.2 Å². The van der Waals surface area contributed by atoms with Crippen LogP contribution in [0, 0.1) is 0 Å². The molecule has 0 spiro atoms. The third-order valence-corrected chi connectivity index (χ3v) is 4.31. The van der Waals surface area contributed by atoms with Gasteiger partial charge in [0.2, 0.25) is 11.0 Å². The molecule has 7 heteroatoms. The summed E-state index contributed by atoms with van der Waals surface area (Å²) in [6.45, 7) is 5.28. The standard InChI is InChI=1S/C17H24N4O2S/c1-12(2)13-5-3-6-14(11-13)23-10-4-7-16-20-21-17(24-16)19-15(22)8-9-18/h3,5-6,11-12H,4,7-10,18H2,1-2H3,(H,19,21,22). The topological polar surface area (TPSA) is 90.1 Å². The second-order valence-corrected chi connectivity index (χ2v) is 6.83. The molecule has 0 unspecified atom stereocenters. The van der Waals surface area contributed by atoms with E-state index in [1.165, 1.54) is 16.9 Å². The van der Waals surface area contributed by atoms with Gasteiger partial charge in [-0.2, -0.15) is 0 Å². The molecule has 6 nitrogen and oxygen atoms in total. The molecule has 1 amide bonds. The molecule has 3 N–H and O–H groups in total. The zero-order chi connectivity index (χ0) is 17.4. The van der Waals surface area contributed by atoms with Gasteiger partial charge in [-0.15, -0.1) is 10.2 Å². The van der Waals surface area contributed by atoms with Crippen molar-refractivity contribution in [2.45, 2.75) is 39.0 Å². The van der Waals surface area contributed by atoms with E-state index in [2.05, 4.69) is 41.5 Å². The lowest BCUT2D eigenvalue weighted by atomic mass is 10.0. The molecule has 0 saturated carbocycles. The predicted molar refractivity (Wildman–Crippen MR) is 96.6 cm³/mol. The summed E-state index contributed by atoms with van der Waals surface area (Å²) in [6.07, 6.45) is 1.91. The van der Waals surface area contributed by atoms with Crippen molar-refractivity contribution < 1.29 is 9.53 Å². The summed E-state index contributed by atoms with van der Waals surface area (Å²) in [6, 6.07) is 8.19. The molecule has 1 aromatic heterocycles. The monoisotopic (exact) mass is 348 g/mol. The van der Waals surface area contributed by atoms with Crippen LogP contribution in [0.4, 0.5) is 5.13 Å². The number of nitrogens with zero attached hydrogens (tertiary/aromatic N) is 2. The Labute approximate surface area is 146 Å². The third kappa shape index (κ3) is 5.90. The van der Waals surface area contributed by atoms with Gasteiger partial charge in [-0.3, -0.25) is 4.79 Å². The van der Waals surface area contributed by atoms with Crippen molar-refractivity contribution in [2.24, 2.45) is 5.73 Å². The van der Waals surface area contributed by atoms with E-state index in [-0.39, 0.29) is 12.3 Å². The van der Waals surface area contributed by atoms with E-state index in [1.54, 1.807) is 0 Å². The molecule has 0 fully saturated rings. The molecule has 0 aliphatic carbocycles. The summed E-state index contributed by atoms with van der Waals surface area (Å²) in [5.74, 6) is 1.25. The summed E-state index contributed by atoms with van der Waals surface area (Å²) in [4.78, 5) is 11.4. The maximum Gasteiger partial charge on any atom is 0.227 e. The van der Waals surface area contributed by atoms with E-state index in [9.17, 15) is 4.79 Å². The van der Waals surface area contributed by atoms with Crippen molar-refractivity contribution in [3.8, 4) is 5.75 Å². The van der Waals surface area contributed by atoms with E-state index in [1.807, 2.05) is 12.1 Å². The number of ether oxygens (including phenoxy) is 1. The van der Waals surface area contributed by atoms with Gasteiger partial charge in [0.1, 0.15) is 10.8 Å². The Hall–Kier alpha value is -1.99. The zero-order valence-electron chi connectivity index (χ0n) is 14.1. The summed E-state index contributed by atoms with van der Waals surface area (Å²) in [5, 5.41) is 12.1. The fraction of sp³-hybridized carbons (Fsp3) is 0.471. The summed E-state index contributed by atoms with van der Waals surface area (Å²) >= 11 is 1.39. The lowest BCUT2D eigenvalue weighted by Gasteiger charge is -2.09. The van der Waals surface area contributed by atoms with Crippen LogP contribution in [0.3, 0.4) is 0 Å². The quantitative estimate of drug-likeness (QED) is 0.680. The number of benzene rings is 1. The highest BCUT2D eigenvalue weighted by atomic mass is 32.1. The van der Waals surface area contributed by atoms with Gasteiger partial charge in [0.25, 0.3) is 0 Å². The van der Waals surface area contributed by atoms with E-state index < -0.39 is 0 Å². The molecule has 24 heavy (non-hydrogen) atoms. The minimum Gasteiger partial charge on any atom is -0.494 e. The van der Waals surface area contributed by atoms with Crippen molar-refractivity contribution in [2.75, 3.05) is 18.5 Å². The van der Waals surface area contributed by atoms with Crippen LogP contribution in [0.2, 0.25) is 0 Å². The first-order valence-corrected chi connectivity index (χ1v) is 8.95. The zero-order valence-corrected chi connectivity index (χ0v) is 14.9. The smallest absolute Gasteiger partial charge is 0.227 e. The first kappa shape index (κ1) is 18.4. The maximum atomic E-state index is 11.4. The number of carbonyl (C=O) groups is 1. The highest BCUT2D eigenvalue weighted by Gasteiger charge is 2.07. The average molecular weight is 348 g/mol. The molecule has 1 aromatic carbocycles. The predicted octanol–water partition coefficient (Wildman–Crippen LogP) is 2.96. The highest BCUT2D eigenvalue weighted by molar-refractivity contribution is 7.15. The number of hydrogen-bond acceptors (Lipinski definition) is 6. The van der Waals surface area contributed by atoms with Crippen LogP contribution in [0.5, 0.6) is 5.75 Å². The number of nitrogens with two attached hydrogens (primary N) is 1. The Morgan fingerprint density at radius 3 is 2.96 bits per heavy atom. The first-order chi connectivity index (χ1) is 11.6. The minimum absolute atomic E-state index is 0.131. The molecule has 0 aliphatic rings. The number of amides is 1. The molecule has 0 aliphatic heterocycles. The Balaban J connectivity index is 1.74. The Morgan fingerprint density at radius 1 is 1.38 bits per heavy atom. The Kier molecular flexibility index (Phi) is 7.14. The van der Waals surface area contributed by atoms with Gasteiger partial charge >= 0.3 is 0 Å². The molecule has 1 heterocycles. The highest BCUT2D eigenvalue weighted by Crippen LogP contribution is 2.21. The SMILES string of the molecule is CC(C)c1cccc(OCCCc2nnc(NC(=O)CCN)s2)c1. The van der Waals surface area contributed by atoms with Crippen LogP contribution >= 0.6 is 11.3 Å². The summed E-state index contributed by atoms with van der Waals surface area (Å²) in [5.41, 5.74) is 6.61. The van der Waals surface area contributed by atoms with Gasteiger partial charge in [-0.25, -0.2) is 0 Å². The van der Waals surface area contributed by atoms with Crippen LogP contribution in [0.25, 0.3) is 0 Å². The first-order valence-electron chi connectivity index (χ1n) is 8.13. The van der Waals surface area contributed by atoms with Gasteiger partial charge in [-0.1, -0.05) is 37.3 Å². The summed E-state index contributed by atoms with van der Waals surface area (Å²) in [7, 11) is 0. The lowest BCUT2D eigenvalue weighted by Crippen LogP contribution is -2.15. The number of hydrogen-bond donors (Lipinski definition) is 2. The van der Waals surface area contributed by atoms with Crippen LogP contribution in [0.15, 0.2) is 24.3 Å². The number of aryl methyl sites for hydroxylation is 1. The molecular weight excluding hydrogens is 324 g/mol. The number of anilines is 1. The number of carbonyl (C=O) groups excluding carboxylic acids is 1. The molecule has 0 atom stereocenters. The number of rotatable bonds is 9. The van der Waals surface area contributed by atoms with Crippen molar-refractivity contribution in [3.63, 3.8) is 0 Å². The maximum absolute atomic E-state index is 11.4. The van der Waals surface area contributed by atoms with Crippen LogP contribution in [0.1, 0.15) is 43.2 Å². The van der Waals surface area contributed by atoms with E-state index in [0.29, 0.717) is 24.2 Å². The number of nitrogens with one attached hydrogen (secondary N) is 1. The Bertz CT molecular complexity index is 658. The molecule has 0 saturated heterocycles. The van der Waals surface area contributed by atoms with E-state index in [4.69, 9.17) is 10.5 Å². The van der Waals surface area contributed by atoms with Gasteiger partial charge < -0.3 is 15.8 Å². The van der Waals surface area contributed by atoms with Gasteiger partial charge in [0.15, 0.2) is 0 Å². The minimum atomic E-state index is -0.131. The van der Waals surface area contributed by atoms with Crippen LogP contribution in [-0.4, -0.2) is 29.3 Å². The molecule has 0 radical (unpaired) electrons. The van der Waals surface area contributed by atoms with Gasteiger partial charge in [-0.05, 0) is 30.0 Å². The van der Waals surface area contributed by atoms with Crippen molar-refractivity contribution >= 4 is 22.4 Å². The molecule has 0 bridgehead atoms. The molecule has 2 rings (SSSR count). The summed E-state index contributed by atoms with van der Waals surface area (Å²) < 4.78 is 5.79. The molecule has 130 valence electrons. The van der Waals surface area contributed by atoms with Gasteiger partial charge in [0.05, 0.1) is 6.61 Å². The lowest BCUT2D eigenvalue weighted by molar-refractivity contribution is -0.116. The fourth-order valence-electron chi connectivity index (χ4n) is 2.09. The van der Waals surface area contributed by atoms with Crippen molar-refractivity contribution in [3.05, 3.63) is 34.8 Å². The second kappa shape index (κ2) is 9.34. The van der Waals surface area contributed by atoms with Crippen LogP contribution < -0.4 is 15.8 Å². The Morgan fingerprint density at radius 2 is 2.21 bits per heavy atom. The molecular formula is C17H24N4O2S. The van der Waals surface area contributed by atoms with Gasteiger partial charge in [0, 0.05) is 19.4 Å². The second-order valence-electron chi connectivity index (χ2n) is 5.77. The van der Waals surface area contributed by atoms with Crippen LogP contribution in [-0.2, 0) is 11.2 Å². The fourth-order valence-corrected chi connectivity index (χ4v) is 2.89. The van der Waals surface area contributed by atoms with E-state index >= 15 is 0 Å². The van der Waals surface area contributed by atoms with Crippen molar-refractivity contribution in [1.29, 1.82) is 0 Å². The average Bonchev–Trinajstić information content (AvgIpc) is 2.99. The largest absolute Gasteiger partial charge is 0.494 e. The number of aromatic nitrogens is 2. The molecule has 2 aromatic rings. The third-order valence-electron chi connectivity index (χ3n) is 3.41.